The number of rotatable bonds is 7. The van der Waals surface area contributed by atoms with E-state index in [1.54, 1.807) is 0 Å². The SMILES string of the molecule is CC(C)(C)C1CCc2c(sc3nc(C4CCCCC4)nc(NCCNC(=O)c4ccc([N+](=O)[O-])cc4)c23)C1. The van der Waals surface area contributed by atoms with Gasteiger partial charge in [-0.1, -0.05) is 40.0 Å². The Hall–Kier alpha value is -3.07. The lowest BCUT2D eigenvalue weighted by atomic mass is 9.72. The molecule has 0 bridgehead atoms. The summed E-state index contributed by atoms with van der Waals surface area (Å²) in [5.74, 6) is 2.68. The van der Waals surface area contributed by atoms with Gasteiger partial charge in [0.05, 0.1) is 10.3 Å². The Labute approximate surface area is 227 Å². The fourth-order valence-electron chi connectivity index (χ4n) is 5.80. The molecule has 1 amide bonds. The zero-order chi connectivity index (χ0) is 26.9. The predicted octanol–water partition coefficient (Wildman–Crippen LogP) is 6.64. The number of hydrogen-bond acceptors (Lipinski definition) is 7. The smallest absolute Gasteiger partial charge is 0.269 e. The number of aromatic nitrogens is 2. The Morgan fingerprint density at radius 2 is 1.82 bits per heavy atom. The van der Waals surface area contributed by atoms with E-state index in [1.807, 2.05) is 11.3 Å². The molecule has 2 aliphatic rings. The number of aryl methyl sites for hydroxylation is 1. The number of nitrogens with zero attached hydrogens (tertiary/aromatic N) is 3. The predicted molar refractivity (Wildman–Crippen MR) is 152 cm³/mol. The van der Waals surface area contributed by atoms with E-state index in [9.17, 15) is 14.9 Å². The molecule has 2 aromatic heterocycles. The van der Waals surface area contributed by atoms with Crippen LogP contribution in [-0.4, -0.2) is 33.9 Å². The van der Waals surface area contributed by atoms with Crippen LogP contribution in [0.15, 0.2) is 24.3 Å². The molecule has 1 saturated carbocycles. The molecule has 1 unspecified atom stereocenters. The van der Waals surface area contributed by atoms with Crippen LogP contribution in [0.3, 0.4) is 0 Å². The Bertz CT molecular complexity index is 1320. The second-order valence-corrected chi connectivity index (χ2v) is 12.8. The van der Waals surface area contributed by atoms with Gasteiger partial charge in [0.25, 0.3) is 11.6 Å². The number of nitro benzene ring substituents is 1. The number of amides is 1. The van der Waals surface area contributed by atoms with Crippen LogP contribution in [0.25, 0.3) is 10.2 Å². The van der Waals surface area contributed by atoms with Crippen molar-refractivity contribution < 1.29 is 9.72 Å². The quantitative estimate of drug-likeness (QED) is 0.199. The van der Waals surface area contributed by atoms with Crippen LogP contribution in [-0.2, 0) is 12.8 Å². The summed E-state index contributed by atoms with van der Waals surface area (Å²) in [5.41, 5.74) is 2.06. The molecule has 0 spiro atoms. The highest BCUT2D eigenvalue weighted by molar-refractivity contribution is 7.19. The topological polar surface area (TPSA) is 110 Å². The van der Waals surface area contributed by atoms with E-state index in [1.165, 1.54) is 65.8 Å². The summed E-state index contributed by atoms with van der Waals surface area (Å²) in [6.45, 7) is 7.97. The van der Waals surface area contributed by atoms with Crippen LogP contribution < -0.4 is 10.6 Å². The summed E-state index contributed by atoms with van der Waals surface area (Å²) >= 11 is 1.85. The minimum absolute atomic E-state index is 0.0299. The van der Waals surface area contributed by atoms with Crippen molar-refractivity contribution in [1.29, 1.82) is 0 Å². The molecule has 5 rings (SSSR count). The maximum atomic E-state index is 12.5. The Kier molecular flexibility index (Phi) is 7.66. The van der Waals surface area contributed by atoms with Gasteiger partial charge in [0.1, 0.15) is 16.5 Å². The highest BCUT2D eigenvalue weighted by atomic mass is 32.1. The summed E-state index contributed by atoms with van der Waals surface area (Å²) in [7, 11) is 0. The van der Waals surface area contributed by atoms with E-state index in [4.69, 9.17) is 9.97 Å². The molecule has 3 aromatic rings. The van der Waals surface area contributed by atoms with E-state index in [2.05, 4.69) is 31.4 Å². The third kappa shape index (κ3) is 5.67. The average molecular weight is 536 g/mol. The van der Waals surface area contributed by atoms with Crippen LogP contribution in [0.1, 0.15) is 91.8 Å². The first-order valence-corrected chi connectivity index (χ1v) is 14.6. The number of carbonyl (C=O) groups is 1. The van der Waals surface area contributed by atoms with E-state index in [-0.39, 0.29) is 17.0 Å². The second-order valence-electron chi connectivity index (χ2n) is 11.7. The van der Waals surface area contributed by atoms with Gasteiger partial charge in [0.2, 0.25) is 0 Å². The van der Waals surface area contributed by atoms with Crippen molar-refractivity contribution in [3.63, 3.8) is 0 Å². The van der Waals surface area contributed by atoms with Crippen LogP contribution in [0.5, 0.6) is 0 Å². The van der Waals surface area contributed by atoms with Crippen molar-refractivity contribution in [2.75, 3.05) is 18.4 Å². The molecular formula is C29H37N5O3S. The largest absolute Gasteiger partial charge is 0.368 e. The molecular weight excluding hydrogens is 498 g/mol. The standard InChI is InChI=1S/C29H37N5O3S/c1-29(2,3)20-11-14-22-23(17-20)38-28-24(22)26(32-25(33-28)18-7-5-4-6-8-18)30-15-16-31-27(35)19-9-12-21(13-10-19)34(36)37/h9-10,12-13,18,20H,4-8,11,14-17H2,1-3H3,(H,31,35)(H,30,32,33). The number of non-ortho nitro benzene ring substituents is 1. The van der Waals surface area contributed by atoms with Crippen LogP contribution >= 0.6 is 11.3 Å². The maximum Gasteiger partial charge on any atom is 0.269 e. The number of fused-ring (bicyclic) bond motifs is 3. The van der Waals surface area contributed by atoms with E-state index < -0.39 is 4.92 Å². The molecule has 0 aliphatic heterocycles. The Balaban J connectivity index is 1.34. The minimum Gasteiger partial charge on any atom is -0.368 e. The lowest BCUT2D eigenvalue weighted by Gasteiger charge is -2.33. The van der Waals surface area contributed by atoms with Crippen molar-refractivity contribution in [2.45, 2.75) is 78.1 Å². The average Bonchev–Trinajstić information content (AvgIpc) is 3.29. The lowest BCUT2D eigenvalue weighted by molar-refractivity contribution is -0.384. The van der Waals surface area contributed by atoms with Gasteiger partial charge in [-0.25, -0.2) is 9.97 Å². The number of thiophene rings is 1. The molecule has 1 aromatic carbocycles. The van der Waals surface area contributed by atoms with Crippen molar-refractivity contribution in [3.8, 4) is 0 Å². The fraction of sp³-hybridized carbons (Fsp3) is 0.552. The zero-order valence-corrected chi connectivity index (χ0v) is 23.3. The first-order valence-electron chi connectivity index (χ1n) is 13.8. The molecule has 202 valence electrons. The van der Waals surface area contributed by atoms with Crippen molar-refractivity contribution in [2.24, 2.45) is 11.3 Å². The first-order chi connectivity index (χ1) is 18.2. The highest BCUT2D eigenvalue weighted by Gasteiger charge is 2.32. The van der Waals surface area contributed by atoms with Crippen molar-refractivity contribution in [3.05, 3.63) is 56.2 Å². The van der Waals surface area contributed by atoms with Gasteiger partial charge >= 0.3 is 0 Å². The first kappa shape index (κ1) is 26.5. The van der Waals surface area contributed by atoms with Crippen LogP contribution in [0.4, 0.5) is 11.5 Å². The van der Waals surface area contributed by atoms with Crippen LogP contribution in [0.2, 0.25) is 0 Å². The van der Waals surface area contributed by atoms with Crippen LogP contribution in [0, 0.1) is 21.4 Å². The molecule has 0 saturated heterocycles. The molecule has 2 aliphatic carbocycles. The molecule has 9 heteroatoms. The summed E-state index contributed by atoms with van der Waals surface area (Å²) in [6, 6.07) is 5.66. The third-order valence-corrected chi connectivity index (χ3v) is 9.31. The van der Waals surface area contributed by atoms with Gasteiger partial charge in [-0.3, -0.25) is 14.9 Å². The fourth-order valence-corrected chi connectivity index (χ4v) is 7.10. The second kappa shape index (κ2) is 11.0. The van der Waals surface area contributed by atoms with E-state index in [0.29, 0.717) is 30.5 Å². The van der Waals surface area contributed by atoms with E-state index in [0.717, 1.165) is 42.2 Å². The van der Waals surface area contributed by atoms with Gasteiger partial charge in [-0.05, 0) is 61.1 Å². The molecule has 8 nitrogen and oxygen atoms in total. The number of hydrogen-bond donors (Lipinski definition) is 2. The molecule has 0 radical (unpaired) electrons. The van der Waals surface area contributed by atoms with Gasteiger partial charge in [-0.15, -0.1) is 11.3 Å². The molecule has 2 N–H and O–H groups in total. The Morgan fingerprint density at radius 1 is 1.08 bits per heavy atom. The number of nitro groups is 1. The van der Waals surface area contributed by atoms with Crippen molar-refractivity contribution in [1.82, 2.24) is 15.3 Å². The zero-order valence-electron chi connectivity index (χ0n) is 22.5. The normalized spacial score (nSPS) is 18.2. The summed E-state index contributed by atoms with van der Waals surface area (Å²) in [4.78, 5) is 35.7. The van der Waals surface area contributed by atoms with Gasteiger partial charge in [0.15, 0.2) is 0 Å². The monoisotopic (exact) mass is 535 g/mol. The van der Waals surface area contributed by atoms with Crippen molar-refractivity contribution >= 4 is 39.0 Å². The summed E-state index contributed by atoms with van der Waals surface area (Å²) in [5, 5.41) is 18.5. The Morgan fingerprint density at radius 3 is 2.50 bits per heavy atom. The number of anilines is 1. The highest BCUT2D eigenvalue weighted by Crippen LogP contribution is 2.45. The van der Waals surface area contributed by atoms with Gasteiger partial charge in [0, 0.05) is 41.6 Å². The number of nitrogens with one attached hydrogen (secondary N) is 2. The molecule has 38 heavy (non-hydrogen) atoms. The van der Waals surface area contributed by atoms with Gasteiger partial charge in [-0.2, -0.15) is 0 Å². The summed E-state index contributed by atoms with van der Waals surface area (Å²) in [6.07, 6.45) is 9.38. The van der Waals surface area contributed by atoms with Gasteiger partial charge < -0.3 is 10.6 Å². The third-order valence-electron chi connectivity index (χ3n) is 8.16. The maximum absolute atomic E-state index is 12.5. The number of benzene rings is 1. The molecule has 1 atom stereocenters. The lowest BCUT2D eigenvalue weighted by Crippen LogP contribution is -2.29. The molecule has 2 heterocycles. The molecule has 1 fully saturated rings. The van der Waals surface area contributed by atoms with E-state index >= 15 is 0 Å². The minimum atomic E-state index is -0.470. The summed E-state index contributed by atoms with van der Waals surface area (Å²) < 4.78 is 0. The number of carbonyl (C=O) groups excluding carboxylic acids is 1.